The van der Waals surface area contributed by atoms with E-state index in [0.29, 0.717) is 0 Å². The molecular weight excluding hydrogens is 518 g/mol. The van der Waals surface area contributed by atoms with Gasteiger partial charge in [-0.25, -0.2) is 0 Å². The number of hydrogen-bond donors (Lipinski definition) is 9. The van der Waals surface area contributed by atoms with E-state index in [0.717, 1.165) is 0 Å². The minimum atomic E-state index is -3.66. The zero-order valence-electron chi connectivity index (χ0n) is 15.2. The van der Waals surface area contributed by atoms with Gasteiger partial charge in [-0.3, -0.25) is 9.53 Å². The summed E-state index contributed by atoms with van der Waals surface area (Å²) < 4.78 is 15.2. The van der Waals surface area contributed by atoms with Crippen LogP contribution < -0.4 is 0 Å². The maximum Gasteiger partial charge on any atom is 0.306 e. The summed E-state index contributed by atoms with van der Waals surface area (Å²) in [5, 5.41) is 75.5. The molecule has 0 radical (unpaired) electrons. The quantitative estimate of drug-likeness (QED) is 0.145. The van der Waals surface area contributed by atoms with Crippen LogP contribution in [0.4, 0.5) is 0 Å². The first-order valence-corrected chi connectivity index (χ1v) is 9.91. The van der Waals surface area contributed by atoms with Gasteiger partial charge in [0.1, 0.15) is 31.0 Å². The molecule has 10 atom stereocenters. The SMILES string of the molecule is O=C(O)CC(O)[C@H]1O[C@@](Cl)(OC2(CO)O[C@H](CO)[C@@H](O)[C@@H]2O)[C@@](O)(Cl)[C@](O)(Cl)[C@@]1(O)Cl. The second-order valence-electron chi connectivity index (χ2n) is 7.00. The van der Waals surface area contributed by atoms with Gasteiger partial charge in [0.05, 0.1) is 19.1 Å². The summed E-state index contributed by atoms with van der Waals surface area (Å²) in [4.78, 5) is 10.9. The second-order valence-corrected chi connectivity index (χ2v) is 9.17. The average molecular weight is 538 g/mol. The maximum absolute atomic E-state index is 10.9. The fourth-order valence-electron chi connectivity index (χ4n) is 3.12. The molecule has 17 heteroatoms. The zero-order valence-corrected chi connectivity index (χ0v) is 18.2. The lowest BCUT2D eigenvalue weighted by Gasteiger charge is -2.57. The van der Waals surface area contributed by atoms with Crippen molar-refractivity contribution in [2.75, 3.05) is 13.2 Å². The summed E-state index contributed by atoms with van der Waals surface area (Å²) in [6.45, 7) is -2.20. The minimum absolute atomic E-state index is 0.883. The Hall–Kier alpha value is 0.190. The third-order valence-corrected chi connectivity index (χ3v) is 7.20. The van der Waals surface area contributed by atoms with Crippen molar-refractivity contribution in [3.05, 3.63) is 0 Å². The number of carboxylic acid groups (broad SMARTS) is 1. The lowest BCUT2D eigenvalue weighted by atomic mass is 9.91. The lowest BCUT2D eigenvalue weighted by molar-refractivity contribution is -0.425. The van der Waals surface area contributed by atoms with Crippen LogP contribution in [0.1, 0.15) is 6.42 Å². The number of rotatable bonds is 7. The van der Waals surface area contributed by atoms with Crippen LogP contribution in [-0.2, 0) is 19.0 Å². The number of halogens is 4. The Bertz CT molecular complexity index is 693. The Labute approximate surface area is 193 Å². The van der Waals surface area contributed by atoms with Crippen molar-refractivity contribution in [2.24, 2.45) is 0 Å². The highest BCUT2D eigenvalue weighted by Gasteiger charge is 2.80. The molecule has 2 aliphatic heterocycles. The Morgan fingerprint density at radius 2 is 1.58 bits per heavy atom. The van der Waals surface area contributed by atoms with Crippen LogP contribution in [0.3, 0.4) is 0 Å². The Morgan fingerprint density at radius 3 is 2.00 bits per heavy atom. The van der Waals surface area contributed by atoms with Crippen molar-refractivity contribution in [2.45, 2.75) is 63.2 Å². The van der Waals surface area contributed by atoms with Crippen molar-refractivity contribution in [1.82, 2.24) is 0 Å². The predicted molar refractivity (Wildman–Crippen MR) is 99.0 cm³/mol. The number of carbonyl (C=O) groups is 1. The van der Waals surface area contributed by atoms with E-state index in [2.05, 4.69) is 0 Å². The minimum Gasteiger partial charge on any atom is -0.481 e. The first-order chi connectivity index (χ1) is 13.9. The summed E-state index contributed by atoms with van der Waals surface area (Å²) >= 11 is 23.3. The molecule has 0 bridgehead atoms. The number of aliphatic carboxylic acids is 1. The van der Waals surface area contributed by atoms with Crippen LogP contribution in [0.2, 0.25) is 0 Å². The number of aliphatic hydroxyl groups is 8. The molecule has 2 fully saturated rings. The molecule has 0 aliphatic carbocycles. The van der Waals surface area contributed by atoms with E-state index in [9.17, 15) is 45.6 Å². The lowest BCUT2D eigenvalue weighted by Crippen LogP contribution is -2.80. The molecule has 9 N–H and O–H groups in total. The Kier molecular flexibility index (Phi) is 7.75. The molecule has 0 saturated carbocycles. The normalized spacial score (nSPS) is 51.6. The van der Waals surface area contributed by atoms with Gasteiger partial charge in [0.2, 0.25) is 15.9 Å². The van der Waals surface area contributed by atoms with Gasteiger partial charge < -0.3 is 55.4 Å². The molecule has 0 aromatic carbocycles. The molecular formula is C14H20Cl4O13. The largest absolute Gasteiger partial charge is 0.481 e. The molecule has 2 saturated heterocycles. The van der Waals surface area contributed by atoms with Gasteiger partial charge in [-0.15, -0.1) is 0 Å². The molecule has 0 aromatic rings. The van der Waals surface area contributed by atoms with Gasteiger partial charge in [0.15, 0.2) is 0 Å². The highest BCUT2D eigenvalue weighted by molar-refractivity contribution is 6.42. The molecule has 2 unspecified atom stereocenters. The second kappa shape index (κ2) is 8.76. The molecule has 2 aliphatic rings. The number of alkyl halides is 4. The summed E-state index contributed by atoms with van der Waals surface area (Å²) in [6, 6.07) is 0. The topological polar surface area (TPSA) is 227 Å². The highest BCUT2D eigenvalue weighted by atomic mass is 35.5. The van der Waals surface area contributed by atoms with E-state index in [4.69, 9.17) is 65.7 Å². The van der Waals surface area contributed by atoms with Crippen LogP contribution in [0.15, 0.2) is 0 Å². The smallest absolute Gasteiger partial charge is 0.306 e. The van der Waals surface area contributed by atoms with E-state index in [1.54, 1.807) is 0 Å². The van der Waals surface area contributed by atoms with Gasteiger partial charge >= 0.3 is 11.2 Å². The molecule has 13 nitrogen and oxygen atoms in total. The van der Waals surface area contributed by atoms with Crippen molar-refractivity contribution in [3.63, 3.8) is 0 Å². The van der Waals surface area contributed by atoms with Crippen molar-refractivity contribution < 1.29 is 65.0 Å². The summed E-state index contributed by atoms with van der Waals surface area (Å²) in [5.41, 5.74) is 0. The fourth-order valence-corrected chi connectivity index (χ4v) is 4.37. The molecule has 2 rings (SSSR count). The predicted octanol–water partition coefficient (Wildman–Crippen LogP) is -3.29. The molecule has 0 amide bonds. The van der Waals surface area contributed by atoms with Crippen LogP contribution in [0.5, 0.6) is 0 Å². The van der Waals surface area contributed by atoms with E-state index < -0.39 is 82.3 Å². The van der Waals surface area contributed by atoms with Gasteiger partial charge in [-0.2, -0.15) is 0 Å². The first kappa shape index (κ1) is 27.4. The van der Waals surface area contributed by atoms with Crippen molar-refractivity contribution in [3.8, 4) is 0 Å². The third kappa shape index (κ3) is 4.13. The fraction of sp³-hybridized carbons (Fsp3) is 0.929. The number of ether oxygens (including phenoxy) is 3. The van der Waals surface area contributed by atoms with E-state index in [1.807, 2.05) is 0 Å². The van der Waals surface area contributed by atoms with Crippen molar-refractivity contribution in [1.29, 1.82) is 0 Å². The zero-order chi connectivity index (χ0) is 24.2. The van der Waals surface area contributed by atoms with Crippen LogP contribution in [0.25, 0.3) is 0 Å². The van der Waals surface area contributed by atoms with Gasteiger partial charge in [-0.05, 0) is 0 Å². The van der Waals surface area contributed by atoms with Gasteiger partial charge in [0, 0.05) is 0 Å². The van der Waals surface area contributed by atoms with E-state index in [-0.39, 0.29) is 0 Å². The van der Waals surface area contributed by atoms with Crippen LogP contribution in [-0.4, -0.2) is 122 Å². The molecule has 31 heavy (non-hydrogen) atoms. The highest BCUT2D eigenvalue weighted by Crippen LogP contribution is 2.59. The van der Waals surface area contributed by atoms with E-state index >= 15 is 0 Å². The molecule has 0 spiro atoms. The van der Waals surface area contributed by atoms with Crippen LogP contribution >= 0.6 is 46.4 Å². The van der Waals surface area contributed by atoms with Gasteiger partial charge in [-0.1, -0.05) is 46.4 Å². The molecule has 2 heterocycles. The van der Waals surface area contributed by atoms with Crippen molar-refractivity contribution >= 4 is 52.4 Å². The monoisotopic (exact) mass is 536 g/mol. The van der Waals surface area contributed by atoms with Crippen LogP contribution in [0, 0.1) is 0 Å². The number of carboxylic acids is 1. The Morgan fingerprint density at radius 1 is 1.03 bits per heavy atom. The van der Waals surface area contributed by atoms with E-state index in [1.165, 1.54) is 0 Å². The average Bonchev–Trinajstić information content (AvgIpc) is 2.89. The third-order valence-electron chi connectivity index (χ3n) is 4.90. The molecule has 0 aromatic heterocycles. The summed E-state index contributed by atoms with van der Waals surface area (Å²) in [7, 11) is 0. The first-order valence-electron chi connectivity index (χ1n) is 8.40. The Balaban J connectivity index is 2.55. The number of hydrogen-bond acceptors (Lipinski definition) is 12. The van der Waals surface area contributed by atoms with Gasteiger partial charge in [0.25, 0.3) is 5.06 Å². The maximum atomic E-state index is 10.9. The standard InChI is InChI=1S/C14H20Cl4O13/c15-11(26)9(4(21)1-6(22)23)30-14(18,13(17,28)12(11,16)27)31-10(3-20)8(25)7(24)5(2-19)29-10/h4-5,7-9,19-21,24-28H,1-3H2,(H,22,23)/t4?,5-,7-,8+,9-,10?,11-,12+,13-,14-/m1/s1. The molecule has 182 valence electrons. The summed E-state index contributed by atoms with van der Waals surface area (Å²) in [6.07, 6.45) is -11.4. The number of aliphatic hydroxyl groups excluding tert-OH is 5. The summed E-state index contributed by atoms with van der Waals surface area (Å²) in [5.74, 6) is -4.39.